The summed E-state index contributed by atoms with van der Waals surface area (Å²) in [6.07, 6.45) is 8.92. The molecule has 1 atom stereocenters. The number of hydrogen-bond acceptors (Lipinski definition) is 6. The Kier molecular flexibility index (Phi) is 4.23. The van der Waals surface area contributed by atoms with Gasteiger partial charge in [-0.3, -0.25) is 9.89 Å². The lowest BCUT2D eigenvalue weighted by atomic mass is 10.1. The predicted molar refractivity (Wildman–Crippen MR) is 97.9 cm³/mol. The monoisotopic (exact) mass is 368 g/mol. The minimum absolute atomic E-state index is 0.0963. The predicted octanol–water partition coefficient (Wildman–Crippen LogP) is 1.96. The smallest absolute Gasteiger partial charge is 0.261 e. The van der Waals surface area contributed by atoms with Gasteiger partial charge in [-0.25, -0.2) is 9.50 Å². The molecular formula is C17H16N6O2S. The molecule has 132 valence electrons. The van der Waals surface area contributed by atoms with Crippen LogP contribution in [0.2, 0.25) is 0 Å². The highest BCUT2D eigenvalue weighted by Crippen LogP contribution is 2.29. The molecule has 0 fully saturated rings. The molecule has 9 heteroatoms. The van der Waals surface area contributed by atoms with E-state index in [0.717, 1.165) is 22.3 Å². The van der Waals surface area contributed by atoms with Gasteiger partial charge in [-0.05, 0) is 23.9 Å². The summed E-state index contributed by atoms with van der Waals surface area (Å²) in [5, 5.41) is 24.8. The van der Waals surface area contributed by atoms with E-state index in [2.05, 4.69) is 25.6 Å². The van der Waals surface area contributed by atoms with Crippen molar-refractivity contribution in [2.75, 3.05) is 6.61 Å². The van der Waals surface area contributed by atoms with Gasteiger partial charge in [0, 0.05) is 41.3 Å². The molecule has 0 aromatic carbocycles. The maximum Gasteiger partial charge on any atom is 0.261 e. The van der Waals surface area contributed by atoms with Gasteiger partial charge in [-0.1, -0.05) is 0 Å². The summed E-state index contributed by atoms with van der Waals surface area (Å²) in [6, 6.07) is 1.53. The van der Waals surface area contributed by atoms with Crippen LogP contribution in [0.3, 0.4) is 0 Å². The Morgan fingerprint density at radius 1 is 1.35 bits per heavy atom. The van der Waals surface area contributed by atoms with E-state index in [9.17, 15) is 4.79 Å². The topological polar surface area (TPSA) is 108 Å². The zero-order valence-corrected chi connectivity index (χ0v) is 14.7. The van der Waals surface area contributed by atoms with Gasteiger partial charge in [-0.2, -0.15) is 10.2 Å². The SMILES string of the molecule is CC(CO)NC(=O)c1cc(-c2cnn3cc(-c4cn[nH]c4)cnc23)cs1. The molecule has 0 saturated carbocycles. The van der Waals surface area contributed by atoms with Crippen LogP contribution >= 0.6 is 11.3 Å². The molecule has 1 amide bonds. The average molecular weight is 368 g/mol. The number of thiophene rings is 1. The summed E-state index contributed by atoms with van der Waals surface area (Å²) in [4.78, 5) is 17.3. The standard InChI is InChI=1S/C17H16N6O2S/c1-10(8-24)22-17(25)15-2-11(9-26-15)14-6-21-23-7-13(3-18-16(14)23)12-4-19-20-5-12/h2-7,9-10,24H,8H2,1H3,(H,19,20)(H,22,25). The van der Waals surface area contributed by atoms with Crippen LogP contribution in [0.4, 0.5) is 0 Å². The molecule has 26 heavy (non-hydrogen) atoms. The number of aromatic nitrogens is 5. The quantitative estimate of drug-likeness (QED) is 0.499. The number of carbonyl (C=O) groups is 1. The first kappa shape index (κ1) is 16.4. The van der Waals surface area contributed by atoms with E-state index in [1.807, 2.05) is 17.6 Å². The Balaban J connectivity index is 1.64. The van der Waals surface area contributed by atoms with Gasteiger partial charge in [0.15, 0.2) is 5.65 Å². The van der Waals surface area contributed by atoms with Gasteiger partial charge in [0.2, 0.25) is 0 Å². The van der Waals surface area contributed by atoms with Gasteiger partial charge in [0.1, 0.15) is 0 Å². The second kappa shape index (κ2) is 6.70. The Labute approximate surface area is 152 Å². The number of aliphatic hydroxyl groups excluding tert-OH is 1. The molecule has 0 aliphatic rings. The van der Waals surface area contributed by atoms with E-state index >= 15 is 0 Å². The third-order valence-corrected chi connectivity index (χ3v) is 4.90. The maximum absolute atomic E-state index is 12.2. The number of amides is 1. The molecule has 3 N–H and O–H groups in total. The molecule has 4 aromatic rings. The average Bonchev–Trinajstić information content (AvgIpc) is 3.39. The van der Waals surface area contributed by atoms with Crippen LogP contribution in [-0.2, 0) is 0 Å². The molecule has 4 heterocycles. The molecule has 4 aromatic heterocycles. The third-order valence-electron chi connectivity index (χ3n) is 3.97. The number of fused-ring (bicyclic) bond motifs is 1. The van der Waals surface area contributed by atoms with Gasteiger partial charge in [-0.15, -0.1) is 11.3 Å². The number of carbonyl (C=O) groups excluding carboxylic acids is 1. The highest BCUT2D eigenvalue weighted by Gasteiger charge is 2.15. The molecule has 0 saturated heterocycles. The van der Waals surface area contributed by atoms with Gasteiger partial charge >= 0.3 is 0 Å². The van der Waals surface area contributed by atoms with Crippen LogP contribution in [-0.4, -0.2) is 48.5 Å². The first-order valence-electron chi connectivity index (χ1n) is 7.99. The van der Waals surface area contributed by atoms with Gasteiger partial charge in [0.25, 0.3) is 5.91 Å². The number of H-pyrrole nitrogens is 1. The van der Waals surface area contributed by atoms with Crippen molar-refractivity contribution in [1.29, 1.82) is 0 Å². The zero-order valence-electron chi connectivity index (χ0n) is 13.9. The minimum atomic E-state index is -0.284. The number of rotatable bonds is 5. The lowest BCUT2D eigenvalue weighted by Crippen LogP contribution is -2.34. The van der Waals surface area contributed by atoms with Crippen LogP contribution in [0.25, 0.3) is 27.9 Å². The third kappa shape index (κ3) is 2.98. The summed E-state index contributed by atoms with van der Waals surface area (Å²) in [5.74, 6) is -0.200. The largest absolute Gasteiger partial charge is 0.394 e. The zero-order chi connectivity index (χ0) is 18.1. The molecule has 1 unspecified atom stereocenters. The van der Waals surface area contributed by atoms with Crippen LogP contribution < -0.4 is 5.32 Å². The molecule has 4 rings (SSSR count). The van der Waals surface area contributed by atoms with E-state index in [0.29, 0.717) is 10.5 Å². The highest BCUT2D eigenvalue weighted by molar-refractivity contribution is 7.12. The van der Waals surface area contributed by atoms with E-state index in [1.54, 1.807) is 36.2 Å². The van der Waals surface area contributed by atoms with E-state index < -0.39 is 0 Å². The number of nitrogens with zero attached hydrogens (tertiary/aromatic N) is 4. The van der Waals surface area contributed by atoms with Gasteiger partial charge in [0.05, 0.1) is 23.9 Å². The normalized spacial score (nSPS) is 12.4. The van der Waals surface area contributed by atoms with Crippen molar-refractivity contribution < 1.29 is 9.90 Å². The van der Waals surface area contributed by atoms with Crippen molar-refractivity contribution >= 4 is 22.9 Å². The van der Waals surface area contributed by atoms with E-state index in [1.165, 1.54) is 11.3 Å². The summed E-state index contributed by atoms with van der Waals surface area (Å²) < 4.78 is 1.71. The van der Waals surface area contributed by atoms with E-state index in [-0.39, 0.29) is 18.6 Å². The lowest BCUT2D eigenvalue weighted by Gasteiger charge is -2.08. The minimum Gasteiger partial charge on any atom is -0.394 e. The number of hydrogen-bond donors (Lipinski definition) is 3. The fourth-order valence-electron chi connectivity index (χ4n) is 2.57. The fourth-order valence-corrected chi connectivity index (χ4v) is 3.38. The molecular weight excluding hydrogens is 352 g/mol. The second-order valence-electron chi connectivity index (χ2n) is 5.91. The van der Waals surface area contributed by atoms with Crippen molar-refractivity contribution in [2.24, 2.45) is 0 Å². The summed E-state index contributed by atoms with van der Waals surface area (Å²) in [7, 11) is 0. The maximum atomic E-state index is 12.2. The first-order valence-corrected chi connectivity index (χ1v) is 8.87. The molecule has 0 radical (unpaired) electrons. The van der Waals surface area contributed by atoms with Crippen molar-refractivity contribution in [2.45, 2.75) is 13.0 Å². The van der Waals surface area contributed by atoms with Crippen molar-refractivity contribution in [1.82, 2.24) is 30.1 Å². The first-order chi connectivity index (χ1) is 12.7. The lowest BCUT2D eigenvalue weighted by molar-refractivity contribution is 0.0926. The van der Waals surface area contributed by atoms with Crippen molar-refractivity contribution in [3.05, 3.63) is 47.3 Å². The van der Waals surface area contributed by atoms with Crippen LogP contribution in [0, 0.1) is 0 Å². The highest BCUT2D eigenvalue weighted by atomic mass is 32.1. The summed E-state index contributed by atoms with van der Waals surface area (Å²) >= 11 is 1.35. The van der Waals surface area contributed by atoms with Crippen LogP contribution in [0.1, 0.15) is 16.6 Å². The van der Waals surface area contributed by atoms with Crippen LogP contribution in [0.15, 0.2) is 42.4 Å². The second-order valence-corrected chi connectivity index (χ2v) is 6.82. The molecule has 0 spiro atoms. The van der Waals surface area contributed by atoms with E-state index in [4.69, 9.17) is 5.11 Å². The van der Waals surface area contributed by atoms with Crippen molar-refractivity contribution in [3.8, 4) is 22.3 Å². The number of aromatic amines is 1. The Morgan fingerprint density at radius 3 is 3.00 bits per heavy atom. The van der Waals surface area contributed by atoms with Crippen molar-refractivity contribution in [3.63, 3.8) is 0 Å². The fraction of sp³-hybridized carbons (Fsp3) is 0.176. The Bertz CT molecular complexity index is 1050. The Hall–Kier alpha value is -3.04. The summed E-state index contributed by atoms with van der Waals surface area (Å²) in [5.41, 5.74) is 4.29. The molecule has 0 bridgehead atoms. The molecule has 0 aliphatic carbocycles. The molecule has 0 aliphatic heterocycles. The molecule has 8 nitrogen and oxygen atoms in total. The number of aliphatic hydroxyl groups is 1. The number of nitrogens with one attached hydrogen (secondary N) is 2. The van der Waals surface area contributed by atoms with Gasteiger partial charge < -0.3 is 10.4 Å². The van der Waals surface area contributed by atoms with Crippen LogP contribution in [0.5, 0.6) is 0 Å². The Morgan fingerprint density at radius 2 is 2.23 bits per heavy atom. The summed E-state index contributed by atoms with van der Waals surface area (Å²) in [6.45, 7) is 1.65.